The van der Waals surface area contributed by atoms with E-state index in [1.807, 2.05) is 13.0 Å². The van der Waals surface area contributed by atoms with Crippen LogP contribution < -0.4 is 10.1 Å². The van der Waals surface area contributed by atoms with Crippen LogP contribution >= 0.6 is 0 Å². The summed E-state index contributed by atoms with van der Waals surface area (Å²) in [5, 5.41) is 21.5. The van der Waals surface area contributed by atoms with Crippen LogP contribution in [0.3, 0.4) is 0 Å². The van der Waals surface area contributed by atoms with Crippen molar-refractivity contribution < 1.29 is 14.6 Å². The molecule has 1 aromatic rings. The minimum atomic E-state index is -0.584. The van der Waals surface area contributed by atoms with Crippen LogP contribution in [0, 0.1) is 11.3 Å². The quantitative estimate of drug-likeness (QED) is 0.730. The number of aliphatic hydroxyl groups is 1. The molecule has 0 aliphatic heterocycles. The van der Waals surface area contributed by atoms with E-state index in [2.05, 4.69) is 5.32 Å². The molecule has 1 rings (SSSR count). The lowest BCUT2D eigenvalue weighted by Crippen LogP contribution is -2.35. The first kappa shape index (κ1) is 15.4. The maximum absolute atomic E-state index is 9.72. The van der Waals surface area contributed by atoms with Crippen LogP contribution in [0.1, 0.15) is 12.5 Å². The molecule has 2 atom stereocenters. The number of ether oxygens (including phenoxy) is 2. The molecule has 1 aromatic carbocycles. The van der Waals surface area contributed by atoms with Crippen LogP contribution in [-0.2, 0) is 4.74 Å². The van der Waals surface area contributed by atoms with Gasteiger partial charge in [-0.2, -0.15) is 5.26 Å². The number of nitrogens with zero attached hydrogens (tertiary/aromatic N) is 1. The lowest BCUT2D eigenvalue weighted by Gasteiger charge is -2.15. The second kappa shape index (κ2) is 8.48. The molecule has 19 heavy (non-hydrogen) atoms. The molecule has 5 nitrogen and oxygen atoms in total. The molecule has 0 aromatic heterocycles. The van der Waals surface area contributed by atoms with Crippen LogP contribution in [0.5, 0.6) is 5.75 Å². The van der Waals surface area contributed by atoms with E-state index in [0.29, 0.717) is 24.4 Å². The molecule has 0 amide bonds. The molecule has 0 aliphatic rings. The Balaban J connectivity index is 2.22. The van der Waals surface area contributed by atoms with Crippen molar-refractivity contribution in [3.63, 3.8) is 0 Å². The van der Waals surface area contributed by atoms with Gasteiger partial charge >= 0.3 is 0 Å². The van der Waals surface area contributed by atoms with Gasteiger partial charge in [0.2, 0.25) is 0 Å². The van der Waals surface area contributed by atoms with Crippen molar-refractivity contribution in [1.82, 2.24) is 5.32 Å². The Labute approximate surface area is 113 Å². The molecular formula is C14H20N2O3. The van der Waals surface area contributed by atoms with Gasteiger partial charge < -0.3 is 19.9 Å². The van der Waals surface area contributed by atoms with Gasteiger partial charge in [0.15, 0.2) is 0 Å². The number of methoxy groups -OCH3 is 1. The van der Waals surface area contributed by atoms with Gasteiger partial charge in [0.25, 0.3) is 0 Å². The standard InChI is InChI=1S/C14H20N2O3/c1-11(18-2)8-16-9-13(17)10-19-14-5-3-12(7-15)4-6-14/h3-6,11,13,16-17H,8-10H2,1-2H3. The predicted molar refractivity (Wildman–Crippen MR) is 72.0 cm³/mol. The van der Waals surface area contributed by atoms with E-state index >= 15 is 0 Å². The summed E-state index contributed by atoms with van der Waals surface area (Å²) in [4.78, 5) is 0. The van der Waals surface area contributed by atoms with Crippen LogP contribution in [0.15, 0.2) is 24.3 Å². The summed E-state index contributed by atoms with van der Waals surface area (Å²) in [6, 6.07) is 8.83. The predicted octanol–water partition coefficient (Wildman–Crippen LogP) is 0.922. The van der Waals surface area contributed by atoms with E-state index < -0.39 is 6.10 Å². The molecule has 104 valence electrons. The van der Waals surface area contributed by atoms with Crippen LogP contribution in [0.2, 0.25) is 0 Å². The highest BCUT2D eigenvalue weighted by atomic mass is 16.5. The highest BCUT2D eigenvalue weighted by Gasteiger charge is 2.06. The summed E-state index contributed by atoms with van der Waals surface area (Å²) in [6.07, 6.45) is -0.466. The Bertz CT molecular complexity index is 400. The maximum Gasteiger partial charge on any atom is 0.119 e. The summed E-state index contributed by atoms with van der Waals surface area (Å²) in [5.41, 5.74) is 0.586. The third-order valence-electron chi connectivity index (χ3n) is 2.64. The number of aliphatic hydroxyl groups excluding tert-OH is 1. The van der Waals surface area contributed by atoms with Gasteiger partial charge in [-0.3, -0.25) is 0 Å². The van der Waals surface area contributed by atoms with Crippen molar-refractivity contribution in [2.45, 2.75) is 19.1 Å². The monoisotopic (exact) mass is 264 g/mol. The fourth-order valence-electron chi connectivity index (χ4n) is 1.41. The third kappa shape index (κ3) is 6.20. The Hall–Kier alpha value is -1.61. The van der Waals surface area contributed by atoms with Crippen molar-refractivity contribution in [2.75, 3.05) is 26.8 Å². The Morgan fingerprint density at radius 1 is 1.32 bits per heavy atom. The zero-order chi connectivity index (χ0) is 14.1. The van der Waals surface area contributed by atoms with Crippen LogP contribution in [0.4, 0.5) is 0 Å². The van der Waals surface area contributed by atoms with Gasteiger partial charge in [0, 0.05) is 20.2 Å². The first-order valence-corrected chi connectivity index (χ1v) is 6.20. The SMILES string of the molecule is COC(C)CNCC(O)COc1ccc(C#N)cc1. The van der Waals surface area contributed by atoms with E-state index in [9.17, 15) is 5.11 Å². The van der Waals surface area contributed by atoms with E-state index in [0.717, 1.165) is 0 Å². The average molecular weight is 264 g/mol. The van der Waals surface area contributed by atoms with Gasteiger partial charge in [0.05, 0.1) is 17.7 Å². The molecule has 0 saturated carbocycles. The molecule has 0 radical (unpaired) electrons. The van der Waals surface area contributed by atoms with Gasteiger partial charge in [-0.15, -0.1) is 0 Å². The largest absolute Gasteiger partial charge is 0.491 e. The first-order chi connectivity index (χ1) is 9.15. The molecule has 2 N–H and O–H groups in total. The summed E-state index contributed by atoms with van der Waals surface area (Å²) >= 11 is 0. The summed E-state index contributed by atoms with van der Waals surface area (Å²) in [6.45, 7) is 3.29. The molecule has 0 bridgehead atoms. The second-order valence-corrected chi connectivity index (χ2v) is 4.31. The number of benzene rings is 1. The van der Waals surface area contributed by atoms with Gasteiger partial charge in [-0.25, -0.2) is 0 Å². The smallest absolute Gasteiger partial charge is 0.119 e. The topological polar surface area (TPSA) is 74.5 Å². The average Bonchev–Trinajstić information content (AvgIpc) is 2.45. The van der Waals surface area contributed by atoms with Crippen LogP contribution in [-0.4, -0.2) is 44.1 Å². The number of rotatable bonds is 8. The van der Waals surface area contributed by atoms with Crippen LogP contribution in [0.25, 0.3) is 0 Å². The van der Waals surface area contributed by atoms with E-state index in [1.54, 1.807) is 31.4 Å². The van der Waals surface area contributed by atoms with Crippen molar-refractivity contribution >= 4 is 0 Å². The Morgan fingerprint density at radius 3 is 2.58 bits per heavy atom. The molecule has 0 heterocycles. The number of hydrogen-bond donors (Lipinski definition) is 2. The van der Waals surface area contributed by atoms with Crippen molar-refractivity contribution in [2.24, 2.45) is 0 Å². The van der Waals surface area contributed by atoms with E-state index in [1.165, 1.54) is 0 Å². The number of hydrogen-bond acceptors (Lipinski definition) is 5. The molecular weight excluding hydrogens is 244 g/mol. The molecule has 2 unspecified atom stereocenters. The fraction of sp³-hybridized carbons (Fsp3) is 0.500. The lowest BCUT2D eigenvalue weighted by atomic mass is 10.2. The fourth-order valence-corrected chi connectivity index (χ4v) is 1.41. The Kier molecular flexibility index (Phi) is 6.90. The molecule has 0 fully saturated rings. The summed E-state index contributed by atoms with van der Waals surface area (Å²) in [7, 11) is 1.65. The maximum atomic E-state index is 9.72. The van der Waals surface area contributed by atoms with Crippen molar-refractivity contribution in [1.29, 1.82) is 5.26 Å². The van der Waals surface area contributed by atoms with Crippen molar-refractivity contribution in [3.8, 4) is 11.8 Å². The molecule has 0 aliphatic carbocycles. The highest BCUT2D eigenvalue weighted by Crippen LogP contribution is 2.11. The number of nitrogens with one attached hydrogen (secondary N) is 1. The summed E-state index contributed by atoms with van der Waals surface area (Å²) < 4.78 is 10.5. The third-order valence-corrected chi connectivity index (χ3v) is 2.64. The normalized spacial score (nSPS) is 13.6. The lowest BCUT2D eigenvalue weighted by molar-refractivity contribution is 0.0904. The minimum Gasteiger partial charge on any atom is -0.491 e. The molecule has 0 spiro atoms. The van der Waals surface area contributed by atoms with Crippen molar-refractivity contribution in [3.05, 3.63) is 29.8 Å². The van der Waals surface area contributed by atoms with E-state index in [-0.39, 0.29) is 12.7 Å². The minimum absolute atomic E-state index is 0.117. The zero-order valence-electron chi connectivity index (χ0n) is 11.3. The Morgan fingerprint density at radius 2 is 2.00 bits per heavy atom. The van der Waals surface area contributed by atoms with E-state index in [4.69, 9.17) is 14.7 Å². The second-order valence-electron chi connectivity index (χ2n) is 4.31. The van der Waals surface area contributed by atoms with Gasteiger partial charge in [-0.1, -0.05) is 0 Å². The van der Waals surface area contributed by atoms with Gasteiger partial charge in [0.1, 0.15) is 18.5 Å². The summed E-state index contributed by atoms with van der Waals surface area (Å²) in [5.74, 6) is 0.642. The molecule has 0 saturated heterocycles. The first-order valence-electron chi connectivity index (χ1n) is 6.20. The molecule has 5 heteroatoms. The zero-order valence-corrected chi connectivity index (χ0v) is 11.3. The highest BCUT2D eigenvalue weighted by molar-refractivity contribution is 5.34. The van der Waals surface area contributed by atoms with Gasteiger partial charge in [-0.05, 0) is 31.2 Å². The number of nitriles is 1.